The van der Waals surface area contributed by atoms with Crippen molar-refractivity contribution in [2.45, 2.75) is 6.42 Å². The van der Waals surface area contributed by atoms with Gasteiger partial charge in [-0.1, -0.05) is 0 Å². The molecule has 1 amide bonds. The zero-order valence-electron chi connectivity index (χ0n) is 9.57. The molecule has 1 aromatic rings. The van der Waals surface area contributed by atoms with Crippen LogP contribution in [0.4, 0.5) is 10.1 Å². The number of halogens is 2. The Morgan fingerprint density at radius 3 is 2.83 bits per heavy atom. The van der Waals surface area contributed by atoms with Crippen molar-refractivity contribution >= 4 is 33.5 Å². The van der Waals surface area contributed by atoms with E-state index >= 15 is 0 Å². The number of hydrogen-bond acceptors (Lipinski definition) is 3. The minimum absolute atomic E-state index is 0.295. The maximum absolute atomic E-state index is 13.0. The van der Waals surface area contributed by atoms with Crippen molar-refractivity contribution in [2.75, 3.05) is 12.4 Å². The van der Waals surface area contributed by atoms with Crippen LogP contribution in [0.1, 0.15) is 6.42 Å². The summed E-state index contributed by atoms with van der Waals surface area (Å²) in [5, 5.41) is 2.59. The molecular weight excluding hydrogens is 305 g/mol. The molecule has 0 spiro atoms. The zero-order chi connectivity index (χ0) is 13.3. The van der Waals surface area contributed by atoms with Crippen LogP contribution in [-0.2, 0) is 14.3 Å². The summed E-state index contributed by atoms with van der Waals surface area (Å²) in [4.78, 5) is 23.0. The monoisotopic (exact) mass is 315 g/mol. The molecule has 4 nitrogen and oxygen atoms in total. The van der Waals surface area contributed by atoms with E-state index < -0.39 is 5.82 Å². The lowest BCUT2D eigenvalue weighted by Gasteiger charge is -2.07. The maximum atomic E-state index is 13.0. The Morgan fingerprint density at radius 1 is 1.44 bits per heavy atom. The van der Waals surface area contributed by atoms with E-state index in [-0.39, 0.29) is 23.7 Å². The topological polar surface area (TPSA) is 55.4 Å². The summed E-state index contributed by atoms with van der Waals surface area (Å²) in [6, 6.07) is 4.02. The first-order valence-electron chi connectivity index (χ1n) is 5.36. The molecule has 0 bridgehead atoms. The molecule has 0 saturated heterocycles. The standard InChI is InChI=1S/C12H11BrFNO3/c1-18-12(17)8-5-7(8)11(16)15-10-4-6(14)2-3-9(10)13/h2-4,7-8H,5H2,1H3,(H,15,16)/t7-,8-/m0/s1. The van der Waals surface area contributed by atoms with Crippen LogP contribution in [0, 0.1) is 17.7 Å². The number of carbonyl (C=O) groups is 2. The number of carbonyl (C=O) groups excluding carboxylic acids is 2. The van der Waals surface area contributed by atoms with Crippen LogP contribution in [0.25, 0.3) is 0 Å². The zero-order valence-corrected chi connectivity index (χ0v) is 11.2. The largest absolute Gasteiger partial charge is 0.469 e. The van der Waals surface area contributed by atoms with Crippen molar-refractivity contribution < 1.29 is 18.7 Å². The second-order valence-corrected chi connectivity index (χ2v) is 4.94. The Hall–Kier alpha value is -1.43. The van der Waals surface area contributed by atoms with Gasteiger partial charge < -0.3 is 10.1 Å². The van der Waals surface area contributed by atoms with E-state index in [0.717, 1.165) is 0 Å². The highest BCUT2D eigenvalue weighted by molar-refractivity contribution is 9.10. The lowest BCUT2D eigenvalue weighted by atomic mass is 10.2. The molecule has 1 aromatic carbocycles. The number of nitrogens with one attached hydrogen (secondary N) is 1. The SMILES string of the molecule is COC(=O)[C@H]1C[C@@H]1C(=O)Nc1cc(F)ccc1Br. The van der Waals surface area contributed by atoms with Crippen LogP contribution >= 0.6 is 15.9 Å². The summed E-state index contributed by atoms with van der Waals surface area (Å²) in [7, 11) is 1.29. The number of methoxy groups -OCH3 is 1. The average molecular weight is 316 g/mol. The van der Waals surface area contributed by atoms with E-state index in [1.807, 2.05) is 0 Å². The molecule has 2 atom stereocenters. The summed E-state index contributed by atoms with van der Waals surface area (Å²) in [6.07, 6.45) is 0.478. The van der Waals surface area contributed by atoms with Crippen LogP contribution in [0.2, 0.25) is 0 Å². The highest BCUT2D eigenvalue weighted by Gasteiger charge is 2.49. The number of esters is 1. The molecule has 0 heterocycles. The highest BCUT2D eigenvalue weighted by Crippen LogP contribution is 2.40. The van der Waals surface area contributed by atoms with Crippen molar-refractivity contribution in [1.82, 2.24) is 0 Å². The van der Waals surface area contributed by atoms with Crippen LogP contribution in [-0.4, -0.2) is 19.0 Å². The van der Waals surface area contributed by atoms with Crippen LogP contribution in [0.5, 0.6) is 0 Å². The molecule has 6 heteroatoms. The quantitative estimate of drug-likeness (QED) is 0.871. The lowest BCUT2D eigenvalue weighted by Crippen LogP contribution is -2.17. The summed E-state index contributed by atoms with van der Waals surface area (Å²) in [5.74, 6) is -1.87. The first-order valence-corrected chi connectivity index (χ1v) is 6.16. The molecule has 18 heavy (non-hydrogen) atoms. The fourth-order valence-electron chi connectivity index (χ4n) is 1.72. The van der Waals surface area contributed by atoms with E-state index in [4.69, 9.17) is 0 Å². The molecule has 0 radical (unpaired) electrons. The fourth-order valence-corrected chi connectivity index (χ4v) is 2.06. The fraction of sp³-hybridized carbons (Fsp3) is 0.333. The maximum Gasteiger partial charge on any atom is 0.309 e. The third-order valence-corrected chi connectivity index (χ3v) is 3.51. The number of hydrogen-bond donors (Lipinski definition) is 1. The Bertz CT molecular complexity index is 506. The predicted molar refractivity (Wildman–Crippen MR) is 66.3 cm³/mol. The van der Waals surface area contributed by atoms with Crippen molar-refractivity contribution in [1.29, 1.82) is 0 Å². The first kappa shape index (κ1) is 13.0. The van der Waals surface area contributed by atoms with Crippen LogP contribution in [0.15, 0.2) is 22.7 Å². The van der Waals surface area contributed by atoms with Crippen molar-refractivity contribution in [3.05, 3.63) is 28.5 Å². The third-order valence-electron chi connectivity index (χ3n) is 2.82. The smallest absolute Gasteiger partial charge is 0.309 e. The number of ether oxygens (including phenoxy) is 1. The summed E-state index contributed by atoms with van der Waals surface area (Å²) in [5.41, 5.74) is 0.357. The molecule has 0 aliphatic heterocycles. The van der Waals surface area contributed by atoms with Gasteiger partial charge in [0.15, 0.2) is 0 Å². The van der Waals surface area contributed by atoms with Gasteiger partial charge in [0.1, 0.15) is 5.82 Å². The second-order valence-electron chi connectivity index (χ2n) is 4.09. The summed E-state index contributed by atoms with van der Waals surface area (Å²) >= 11 is 3.21. The van der Waals surface area contributed by atoms with Gasteiger partial charge in [0.2, 0.25) is 5.91 Å². The molecule has 1 N–H and O–H groups in total. The third kappa shape index (κ3) is 2.69. The Balaban J connectivity index is 2.01. The molecule has 2 rings (SSSR count). The van der Waals surface area contributed by atoms with Gasteiger partial charge in [0.25, 0.3) is 0 Å². The number of amides is 1. The predicted octanol–water partition coefficient (Wildman–Crippen LogP) is 2.34. The first-order chi connectivity index (χ1) is 8.52. The number of benzene rings is 1. The molecule has 1 fully saturated rings. The second kappa shape index (κ2) is 5.06. The van der Waals surface area contributed by atoms with E-state index in [1.54, 1.807) is 0 Å². The van der Waals surface area contributed by atoms with E-state index in [1.165, 1.54) is 25.3 Å². The van der Waals surface area contributed by atoms with E-state index in [9.17, 15) is 14.0 Å². The van der Waals surface area contributed by atoms with E-state index in [2.05, 4.69) is 26.0 Å². The molecule has 0 aromatic heterocycles. The Kier molecular flexibility index (Phi) is 3.65. The Morgan fingerprint density at radius 2 is 2.17 bits per heavy atom. The summed E-state index contributed by atoms with van der Waals surface area (Å²) in [6.45, 7) is 0. The Labute approximate surface area is 112 Å². The lowest BCUT2D eigenvalue weighted by molar-refractivity contribution is -0.143. The average Bonchev–Trinajstić information content (AvgIpc) is 3.13. The number of anilines is 1. The molecule has 1 saturated carbocycles. The van der Waals surface area contributed by atoms with Crippen molar-refractivity contribution in [2.24, 2.45) is 11.8 Å². The van der Waals surface area contributed by atoms with Gasteiger partial charge in [0, 0.05) is 4.47 Å². The van der Waals surface area contributed by atoms with Gasteiger partial charge in [0.05, 0.1) is 24.6 Å². The van der Waals surface area contributed by atoms with E-state index in [0.29, 0.717) is 16.6 Å². The van der Waals surface area contributed by atoms with Gasteiger partial charge in [-0.2, -0.15) is 0 Å². The molecule has 1 aliphatic rings. The van der Waals surface area contributed by atoms with Crippen molar-refractivity contribution in [3.63, 3.8) is 0 Å². The normalized spacial score (nSPS) is 21.3. The van der Waals surface area contributed by atoms with Crippen LogP contribution < -0.4 is 5.32 Å². The molecule has 96 valence electrons. The van der Waals surface area contributed by atoms with Gasteiger partial charge >= 0.3 is 5.97 Å². The summed E-state index contributed by atoms with van der Waals surface area (Å²) < 4.78 is 18.2. The molecule has 1 aliphatic carbocycles. The van der Waals surface area contributed by atoms with Gasteiger partial charge in [-0.25, -0.2) is 4.39 Å². The van der Waals surface area contributed by atoms with Gasteiger partial charge in [-0.15, -0.1) is 0 Å². The minimum Gasteiger partial charge on any atom is -0.469 e. The molecule has 0 unspecified atom stereocenters. The van der Waals surface area contributed by atoms with Gasteiger partial charge in [-0.05, 0) is 40.5 Å². The molecular formula is C12H11BrFNO3. The van der Waals surface area contributed by atoms with Gasteiger partial charge in [-0.3, -0.25) is 9.59 Å². The van der Waals surface area contributed by atoms with Crippen molar-refractivity contribution in [3.8, 4) is 0 Å². The minimum atomic E-state index is -0.436. The van der Waals surface area contributed by atoms with Crippen LogP contribution in [0.3, 0.4) is 0 Å². The highest BCUT2D eigenvalue weighted by atomic mass is 79.9. The number of rotatable bonds is 3.